The third-order valence-electron chi connectivity index (χ3n) is 3.63. The number of aromatic nitrogens is 2. The number of imidazole rings is 1. The zero-order valence-corrected chi connectivity index (χ0v) is 18.0. The van der Waals surface area contributed by atoms with Crippen LogP contribution in [0.5, 0.6) is 0 Å². The highest BCUT2D eigenvalue weighted by atomic mass is 16.6. The second kappa shape index (κ2) is 11.5. The van der Waals surface area contributed by atoms with Crippen molar-refractivity contribution in [2.24, 2.45) is 4.99 Å². The van der Waals surface area contributed by atoms with Crippen molar-refractivity contribution in [2.45, 2.75) is 26.9 Å². The molecule has 0 atom stereocenters. The molecule has 2 heterocycles. The van der Waals surface area contributed by atoms with Crippen molar-refractivity contribution < 1.29 is 28.7 Å². The van der Waals surface area contributed by atoms with Crippen LogP contribution in [-0.2, 0) is 20.9 Å². The maximum absolute atomic E-state index is 11.1. The van der Waals surface area contributed by atoms with Gasteiger partial charge in [0.15, 0.2) is 17.4 Å². The summed E-state index contributed by atoms with van der Waals surface area (Å²) < 4.78 is 9.84. The zero-order valence-electron chi connectivity index (χ0n) is 18.0. The molecule has 1 N–H and O–H groups in total. The van der Waals surface area contributed by atoms with E-state index < -0.39 is 12.2 Å². The van der Waals surface area contributed by atoms with E-state index in [9.17, 15) is 19.2 Å². The summed E-state index contributed by atoms with van der Waals surface area (Å²) in [5.41, 5.74) is 1.96. The average molecular weight is 421 g/mol. The van der Waals surface area contributed by atoms with Gasteiger partial charge in [-0.2, -0.15) is 0 Å². The highest BCUT2D eigenvalue weighted by Gasteiger charge is 2.15. The van der Waals surface area contributed by atoms with Gasteiger partial charge in [0, 0.05) is 54.7 Å². The molecular formula is C19H27N5O6. The third kappa shape index (κ3) is 8.25. The third-order valence-corrected chi connectivity index (χ3v) is 3.63. The Morgan fingerprint density at radius 2 is 1.53 bits per heavy atom. The van der Waals surface area contributed by atoms with E-state index in [1.165, 1.54) is 29.8 Å². The summed E-state index contributed by atoms with van der Waals surface area (Å²) >= 11 is 0. The largest absolute Gasteiger partial charge is 0.445 e. The lowest BCUT2D eigenvalue weighted by Gasteiger charge is -2.10. The van der Waals surface area contributed by atoms with Gasteiger partial charge < -0.3 is 24.3 Å². The summed E-state index contributed by atoms with van der Waals surface area (Å²) in [4.78, 5) is 57.2. The summed E-state index contributed by atoms with van der Waals surface area (Å²) in [6.07, 6.45) is 2.70. The number of amides is 2. The van der Waals surface area contributed by atoms with Crippen molar-refractivity contribution in [3.63, 3.8) is 0 Å². The molecule has 1 aromatic heterocycles. The molecule has 30 heavy (non-hydrogen) atoms. The molecule has 0 aromatic carbocycles. The lowest BCUT2D eigenvalue weighted by Crippen LogP contribution is -2.23. The second-order valence-corrected chi connectivity index (χ2v) is 6.81. The molecule has 0 saturated heterocycles. The van der Waals surface area contributed by atoms with Gasteiger partial charge in [-0.25, -0.2) is 14.6 Å². The molecule has 0 unspecified atom stereocenters. The molecular weight excluding hydrogens is 394 g/mol. The van der Waals surface area contributed by atoms with Crippen LogP contribution in [0.15, 0.2) is 23.0 Å². The predicted molar refractivity (Wildman–Crippen MR) is 108 cm³/mol. The van der Waals surface area contributed by atoms with Gasteiger partial charge in [-0.15, -0.1) is 0 Å². The number of Topliss-reactive ketones (excluding diaryl/α,β-unsaturated/α-hetero) is 2. The van der Waals surface area contributed by atoms with Gasteiger partial charge in [0.05, 0.1) is 17.6 Å². The van der Waals surface area contributed by atoms with E-state index in [2.05, 4.69) is 15.0 Å². The number of aromatic amines is 1. The Hall–Kier alpha value is -3.50. The first-order chi connectivity index (χ1) is 14.0. The minimum absolute atomic E-state index is 0.0415. The van der Waals surface area contributed by atoms with E-state index >= 15 is 0 Å². The molecule has 0 fully saturated rings. The molecule has 1 aliphatic heterocycles. The summed E-state index contributed by atoms with van der Waals surface area (Å²) in [6.45, 7) is 3.16. The number of carbonyl (C=O) groups excluding carboxylic acids is 4. The predicted octanol–water partition coefficient (Wildman–Crippen LogP) is 1.81. The van der Waals surface area contributed by atoms with Crippen molar-refractivity contribution in [1.82, 2.24) is 19.8 Å². The molecule has 0 bridgehead atoms. The average Bonchev–Trinajstić information content (AvgIpc) is 3.34. The number of rotatable bonds is 6. The fourth-order valence-electron chi connectivity index (χ4n) is 1.94. The van der Waals surface area contributed by atoms with Crippen LogP contribution in [0.2, 0.25) is 0 Å². The minimum atomic E-state index is -0.436. The van der Waals surface area contributed by atoms with Gasteiger partial charge in [0.1, 0.15) is 13.2 Å². The van der Waals surface area contributed by atoms with E-state index in [4.69, 9.17) is 9.47 Å². The molecule has 0 aliphatic carbocycles. The van der Waals surface area contributed by atoms with E-state index in [0.717, 1.165) is 5.57 Å². The monoisotopic (exact) mass is 421 g/mol. The first-order valence-electron chi connectivity index (χ1n) is 8.99. The van der Waals surface area contributed by atoms with Crippen molar-refractivity contribution >= 4 is 29.5 Å². The smallest absolute Gasteiger partial charge is 0.409 e. The minimum Gasteiger partial charge on any atom is -0.445 e. The molecule has 0 radical (unpaired) electrons. The number of nitrogens with zero attached hydrogens (tertiary/aromatic N) is 4. The number of ether oxygens (including phenoxy) is 2. The number of aliphatic imine (C=N–C) groups is 1. The normalized spacial score (nSPS) is 12.1. The topological polar surface area (TPSA) is 134 Å². The fraction of sp³-hybridized carbons (Fsp3) is 0.474. The number of ketones is 2. The lowest BCUT2D eigenvalue weighted by molar-refractivity contribution is -0.111. The summed E-state index contributed by atoms with van der Waals surface area (Å²) in [7, 11) is 6.41. The van der Waals surface area contributed by atoms with E-state index in [1.807, 2.05) is 0 Å². The number of hydrogen-bond acceptors (Lipinski definition) is 8. The summed E-state index contributed by atoms with van der Waals surface area (Å²) in [5, 5.41) is 0. The van der Waals surface area contributed by atoms with Gasteiger partial charge in [0.25, 0.3) is 0 Å². The van der Waals surface area contributed by atoms with Crippen molar-refractivity contribution in [1.29, 1.82) is 0 Å². The van der Waals surface area contributed by atoms with Crippen LogP contribution in [0.3, 0.4) is 0 Å². The van der Waals surface area contributed by atoms with Crippen LogP contribution in [0.1, 0.15) is 36.6 Å². The lowest BCUT2D eigenvalue weighted by atomic mass is 10.1. The zero-order chi connectivity index (χ0) is 22.8. The van der Waals surface area contributed by atoms with E-state index in [0.29, 0.717) is 17.8 Å². The Labute approximate surface area is 174 Å². The number of hydrogen-bond donors (Lipinski definition) is 1. The summed E-state index contributed by atoms with van der Waals surface area (Å²) in [5.74, 6) is 0.0753. The van der Waals surface area contributed by atoms with Gasteiger partial charge in [0.2, 0.25) is 0 Å². The highest BCUT2D eigenvalue weighted by molar-refractivity contribution is 6.40. The van der Waals surface area contributed by atoms with Crippen LogP contribution < -0.4 is 0 Å². The van der Waals surface area contributed by atoms with Crippen LogP contribution in [0, 0.1) is 0 Å². The van der Waals surface area contributed by atoms with Gasteiger partial charge in [-0.3, -0.25) is 14.6 Å². The SMILES string of the molecule is CC(=O)C1=NC=C(COC(=O)N(C)C)C1.CC(=O)c1ncc(COC(=O)N(C)C)[nH]1. The molecule has 2 rings (SSSR count). The quantitative estimate of drug-likeness (QED) is 0.692. The van der Waals surface area contributed by atoms with Crippen LogP contribution >= 0.6 is 0 Å². The molecule has 11 heteroatoms. The molecule has 1 aromatic rings. The van der Waals surface area contributed by atoms with E-state index in [-0.39, 0.29) is 30.6 Å². The van der Waals surface area contributed by atoms with Crippen molar-refractivity contribution in [2.75, 3.05) is 34.8 Å². The fourth-order valence-corrected chi connectivity index (χ4v) is 1.94. The molecule has 0 saturated carbocycles. The molecule has 0 spiro atoms. The number of carbonyl (C=O) groups is 4. The Kier molecular flexibility index (Phi) is 9.40. The Morgan fingerprint density at radius 1 is 0.967 bits per heavy atom. The van der Waals surface area contributed by atoms with Gasteiger partial charge >= 0.3 is 12.2 Å². The second-order valence-electron chi connectivity index (χ2n) is 6.81. The van der Waals surface area contributed by atoms with Crippen molar-refractivity contribution in [3.05, 3.63) is 29.5 Å². The Balaban J connectivity index is 0.000000300. The number of nitrogens with one attached hydrogen (secondary N) is 1. The van der Waals surface area contributed by atoms with Crippen LogP contribution in [0.25, 0.3) is 0 Å². The van der Waals surface area contributed by atoms with Gasteiger partial charge in [-0.1, -0.05) is 0 Å². The molecule has 2 amide bonds. The maximum Gasteiger partial charge on any atom is 0.409 e. The number of H-pyrrole nitrogens is 1. The highest BCUT2D eigenvalue weighted by Crippen LogP contribution is 2.12. The standard InChI is InChI=1S/C10H14N2O3.C9H13N3O3/c1-7(13)9-4-8(5-11-9)6-15-10(14)12(2)3;1-6(13)8-10-4-7(11-8)5-15-9(14)12(2)3/h5H,4,6H2,1-3H3;4H,5H2,1-3H3,(H,10,11). The molecule has 11 nitrogen and oxygen atoms in total. The van der Waals surface area contributed by atoms with Crippen molar-refractivity contribution in [3.8, 4) is 0 Å². The Bertz CT molecular complexity index is 853. The maximum atomic E-state index is 11.1. The van der Waals surface area contributed by atoms with Gasteiger partial charge in [-0.05, 0) is 5.57 Å². The van der Waals surface area contributed by atoms with E-state index in [1.54, 1.807) is 34.4 Å². The van der Waals surface area contributed by atoms with Crippen LogP contribution in [-0.4, -0.2) is 84.0 Å². The van der Waals surface area contributed by atoms with Crippen LogP contribution in [0.4, 0.5) is 9.59 Å². The Morgan fingerprint density at radius 3 is 1.97 bits per heavy atom. The summed E-state index contributed by atoms with van der Waals surface area (Å²) in [6, 6.07) is 0. The first kappa shape index (κ1) is 24.5. The molecule has 164 valence electrons. The first-order valence-corrected chi connectivity index (χ1v) is 8.99. The molecule has 1 aliphatic rings.